The van der Waals surface area contributed by atoms with Crippen molar-refractivity contribution >= 4 is 35.2 Å². The maximum absolute atomic E-state index is 13.4. The number of benzene rings is 1. The molecule has 2 aromatic rings. The lowest BCUT2D eigenvalue weighted by Gasteiger charge is -2.42. The molecule has 3 aliphatic rings. The second kappa shape index (κ2) is 10.6. The van der Waals surface area contributed by atoms with Crippen LogP contribution in [0, 0.1) is 25.7 Å². The van der Waals surface area contributed by atoms with E-state index >= 15 is 0 Å². The molecule has 1 aromatic heterocycles. The summed E-state index contributed by atoms with van der Waals surface area (Å²) in [7, 11) is 0. The summed E-state index contributed by atoms with van der Waals surface area (Å²) >= 11 is 7.73. The molecule has 1 atom stereocenters. The summed E-state index contributed by atoms with van der Waals surface area (Å²) in [5.41, 5.74) is 0.169. The number of thioether (sulfide) groups is 1. The number of pyridine rings is 1. The summed E-state index contributed by atoms with van der Waals surface area (Å²) in [4.78, 5) is 42.8. The third-order valence-corrected chi connectivity index (χ3v) is 8.96. The highest BCUT2D eigenvalue weighted by Gasteiger charge is 2.51. The maximum atomic E-state index is 13.4. The normalized spacial score (nSPS) is 26.0. The lowest BCUT2D eigenvalue weighted by molar-refractivity contribution is -0.172. The smallest absolute Gasteiger partial charge is 0.282 e. The molecule has 40 heavy (non-hydrogen) atoms. The maximum Gasteiger partial charge on any atom is 0.282 e. The fourth-order valence-corrected chi connectivity index (χ4v) is 6.54. The molecule has 0 radical (unpaired) electrons. The van der Waals surface area contributed by atoms with Crippen LogP contribution in [0.3, 0.4) is 0 Å². The van der Waals surface area contributed by atoms with E-state index in [1.165, 1.54) is 22.7 Å². The van der Waals surface area contributed by atoms with Gasteiger partial charge in [0.05, 0.1) is 20.9 Å². The Balaban J connectivity index is 1.31. The van der Waals surface area contributed by atoms with E-state index in [0.29, 0.717) is 41.8 Å². The number of hydrogen-bond acceptors (Lipinski definition) is 6. The number of alkyl halides is 2. The molecular formula is C28H32ClF2N3O5S. The molecule has 1 saturated heterocycles. The molecule has 216 valence electrons. The minimum absolute atomic E-state index is 0.0605. The first-order valence-corrected chi connectivity index (χ1v) is 14.6. The van der Waals surface area contributed by atoms with E-state index in [1.54, 1.807) is 33.1 Å². The number of carbonyl (C=O) groups excluding carboxylic acids is 2. The number of aromatic amines is 1. The van der Waals surface area contributed by atoms with Crippen LogP contribution in [-0.2, 0) is 11.3 Å². The molecule has 12 heteroatoms. The molecule has 1 aliphatic carbocycles. The van der Waals surface area contributed by atoms with Crippen molar-refractivity contribution in [3.63, 3.8) is 0 Å². The van der Waals surface area contributed by atoms with E-state index in [0.717, 1.165) is 0 Å². The Morgan fingerprint density at radius 3 is 2.48 bits per heavy atom. The fraction of sp³-hybridized carbons (Fsp3) is 0.536. The molecule has 0 spiro atoms. The topological polar surface area (TPSA) is 101 Å². The van der Waals surface area contributed by atoms with Gasteiger partial charge in [0.2, 0.25) is 5.91 Å². The van der Waals surface area contributed by atoms with Crippen molar-refractivity contribution in [1.82, 2.24) is 15.2 Å². The summed E-state index contributed by atoms with van der Waals surface area (Å²) in [5.74, 6) is -4.91. The van der Waals surface area contributed by atoms with Crippen LogP contribution in [0.4, 0.5) is 8.78 Å². The van der Waals surface area contributed by atoms with Gasteiger partial charge in [0, 0.05) is 52.5 Å². The van der Waals surface area contributed by atoms with Gasteiger partial charge < -0.3 is 24.7 Å². The van der Waals surface area contributed by atoms with Crippen LogP contribution in [0.25, 0.3) is 0 Å². The molecule has 2 aliphatic heterocycles. The van der Waals surface area contributed by atoms with Crippen molar-refractivity contribution in [1.29, 1.82) is 0 Å². The average Bonchev–Trinajstić information content (AvgIpc) is 3.27. The van der Waals surface area contributed by atoms with Gasteiger partial charge in [-0.2, -0.15) is 0 Å². The summed E-state index contributed by atoms with van der Waals surface area (Å²) in [5, 5.41) is 2.43. The summed E-state index contributed by atoms with van der Waals surface area (Å²) in [6.07, 6.45) is 3.87. The standard InChI is InChI=1S/C28H32ClF2N3O5S/c1-14-9-21(40-4)19(25(36)33-14)11-32-24(35)18-10-20(29)23-22(15(18)2)38-27(3,39-23)17-7-5-16(6-8-17)26(37)34-12-28(30,31)13-34/h9-10,16-17H,5-8,11-13H2,1-4H3,(H,32,35)(H,33,36)/i11D2. The van der Waals surface area contributed by atoms with Gasteiger partial charge in [-0.25, -0.2) is 8.78 Å². The summed E-state index contributed by atoms with van der Waals surface area (Å²) in [6, 6.07) is 3.02. The summed E-state index contributed by atoms with van der Waals surface area (Å²) in [6.45, 7) is 1.53. The van der Waals surface area contributed by atoms with Gasteiger partial charge in [0.25, 0.3) is 23.2 Å². The second-order valence-corrected chi connectivity index (χ2v) is 12.1. The van der Waals surface area contributed by atoms with Crippen molar-refractivity contribution in [2.45, 2.75) is 69.6 Å². The fourth-order valence-electron chi connectivity index (χ4n) is 5.66. The molecule has 2 fully saturated rings. The van der Waals surface area contributed by atoms with Crippen molar-refractivity contribution < 1.29 is 30.6 Å². The summed E-state index contributed by atoms with van der Waals surface area (Å²) < 4.78 is 56.0. The third-order valence-electron chi connectivity index (χ3n) is 7.92. The monoisotopic (exact) mass is 597 g/mol. The highest BCUT2D eigenvalue weighted by Crippen LogP contribution is 2.52. The highest BCUT2D eigenvalue weighted by molar-refractivity contribution is 7.98. The van der Waals surface area contributed by atoms with E-state index in [4.69, 9.17) is 23.8 Å². The van der Waals surface area contributed by atoms with Gasteiger partial charge >= 0.3 is 0 Å². The van der Waals surface area contributed by atoms with Gasteiger partial charge in [-0.1, -0.05) is 11.6 Å². The quantitative estimate of drug-likeness (QED) is 0.451. The number of fused-ring (bicyclic) bond motifs is 1. The zero-order valence-corrected chi connectivity index (χ0v) is 24.2. The van der Waals surface area contributed by atoms with Crippen molar-refractivity contribution in [3.05, 3.63) is 49.9 Å². The Labute approximate surface area is 242 Å². The number of amides is 2. The molecule has 5 rings (SSSR count). The highest BCUT2D eigenvalue weighted by atomic mass is 35.5. The Kier molecular flexibility index (Phi) is 6.90. The van der Waals surface area contributed by atoms with Gasteiger partial charge in [0.15, 0.2) is 11.5 Å². The third kappa shape index (κ3) is 5.30. The molecule has 1 aromatic carbocycles. The SMILES string of the molecule is [2H]C([2H])(NC(=O)c1cc(Cl)c2c(c1C)OC(C)(C1CCC(C(=O)N3CC(F)(F)C3)CC1)O2)c1c(SC)cc(C)[nH]c1=O. The first kappa shape index (κ1) is 26.1. The second-order valence-electron chi connectivity index (χ2n) is 10.8. The number of rotatable bonds is 6. The number of likely N-dealkylation sites (tertiary alicyclic amines) is 1. The molecule has 1 unspecified atom stereocenters. The number of hydrogen-bond donors (Lipinski definition) is 2. The number of nitrogens with one attached hydrogen (secondary N) is 2. The van der Waals surface area contributed by atoms with E-state index < -0.39 is 42.8 Å². The zero-order chi connectivity index (χ0) is 30.8. The minimum Gasteiger partial charge on any atom is -0.448 e. The molecule has 3 heterocycles. The van der Waals surface area contributed by atoms with Crippen LogP contribution >= 0.6 is 23.4 Å². The Morgan fingerprint density at radius 1 is 1.20 bits per heavy atom. The van der Waals surface area contributed by atoms with E-state index in [9.17, 15) is 23.2 Å². The number of H-pyrrole nitrogens is 1. The van der Waals surface area contributed by atoms with Gasteiger partial charge in [-0.3, -0.25) is 14.4 Å². The van der Waals surface area contributed by atoms with Gasteiger partial charge in [-0.05, 0) is 57.9 Å². The van der Waals surface area contributed by atoms with Gasteiger partial charge in [-0.15, -0.1) is 11.8 Å². The predicted octanol–water partition coefficient (Wildman–Crippen LogP) is 5.07. The van der Waals surface area contributed by atoms with Crippen molar-refractivity contribution in [2.75, 3.05) is 19.3 Å². The molecule has 2 N–H and O–H groups in total. The minimum atomic E-state index is -2.80. The number of aromatic nitrogens is 1. The largest absolute Gasteiger partial charge is 0.448 e. The van der Waals surface area contributed by atoms with E-state index in [-0.39, 0.29) is 45.4 Å². The van der Waals surface area contributed by atoms with Crippen LogP contribution in [0.15, 0.2) is 21.8 Å². The van der Waals surface area contributed by atoms with Crippen molar-refractivity contribution in [2.24, 2.45) is 11.8 Å². The number of aryl methyl sites for hydroxylation is 1. The van der Waals surface area contributed by atoms with E-state index in [1.807, 2.05) is 0 Å². The van der Waals surface area contributed by atoms with Gasteiger partial charge in [0.1, 0.15) is 0 Å². The lowest BCUT2D eigenvalue weighted by Crippen LogP contribution is -2.60. The predicted molar refractivity (Wildman–Crippen MR) is 148 cm³/mol. The Bertz CT molecular complexity index is 1510. The molecule has 1 saturated carbocycles. The van der Waals surface area contributed by atoms with Crippen LogP contribution in [-0.4, -0.2) is 52.8 Å². The number of ether oxygens (including phenoxy) is 2. The van der Waals surface area contributed by atoms with Crippen molar-refractivity contribution in [3.8, 4) is 11.5 Å². The lowest BCUT2D eigenvalue weighted by atomic mass is 9.77. The average molecular weight is 598 g/mol. The zero-order valence-electron chi connectivity index (χ0n) is 24.6. The number of halogens is 3. The van der Waals surface area contributed by atoms with Crippen LogP contribution in [0.2, 0.25) is 5.02 Å². The molecule has 0 bridgehead atoms. The Hall–Kier alpha value is -2.79. The van der Waals surface area contributed by atoms with Crippen LogP contribution < -0.4 is 20.3 Å². The van der Waals surface area contributed by atoms with Crippen LogP contribution in [0.1, 0.15) is 62.5 Å². The first-order chi connectivity index (χ1) is 19.5. The Morgan fingerprint density at radius 2 is 1.85 bits per heavy atom. The number of nitrogens with zero attached hydrogens (tertiary/aromatic N) is 1. The molecule has 8 nitrogen and oxygen atoms in total. The molecular weight excluding hydrogens is 564 g/mol. The van der Waals surface area contributed by atoms with E-state index in [2.05, 4.69) is 10.3 Å². The van der Waals surface area contributed by atoms with Crippen LogP contribution in [0.5, 0.6) is 11.5 Å². The molecule has 2 amide bonds. The first-order valence-electron chi connectivity index (χ1n) is 14.0. The number of carbonyl (C=O) groups is 2.